The van der Waals surface area contributed by atoms with Crippen LogP contribution in [0.5, 0.6) is 0 Å². The molecule has 0 aliphatic heterocycles. The van der Waals surface area contributed by atoms with Crippen LogP contribution < -0.4 is 5.32 Å². The molecule has 0 heterocycles. The van der Waals surface area contributed by atoms with E-state index in [0.717, 1.165) is 5.56 Å². The van der Waals surface area contributed by atoms with E-state index in [-0.39, 0.29) is 13.2 Å². The molecule has 1 aromatic carbocycles. The molecule has 0 aliphatic carbocycles. The maximum atomic E-state index is 11.9. The number of nitrogens with one attached hydrogen (secondary N) is 1. The van der Waals surface area contributed by atoms with Crippen LogP contribution in [0.1, 0.15) is 39.7 Å². The number of esters is 1. The van der Waals surface area contributed by atoms with Crippen molar-refractivity contribution in [3.63, 3.8) is 0 Å². The van der Waals surface area contributed by atoms with Crippen molar-refractivity contribution in [2.45, 2.75) is 64.6 Å². The van der Waals surface area contributed by atoms with Crippen LogP contribution in [0.3, 0.4) is 0 Å². The molecule has 0 aromatic heterocycles. The van der Waals surface area contributed by atoms with Crippen LogP contribution in [0, 0.1) is 0 Å². The highest BCUT2D eigenvalue weighted by Crippen LogP contribution is 2.10. The van der Waals surface area contributed by atoms with Gasteiger partial charge in [0.2, 0.25) is 0 Å². The lowest BCUT2D eigenvalue weighted by atomic mass is 10.1. The van der Waals surface area contributed by atoms with Crippen LogP contribution in [-0.4, -0.2) is 61.3 Å². The largest absolute Gasteiger partial charge is 0.467 e. The van der Waals surface area contributed by atoms with Crippen molar-refractivity contribution in [3.05, 3.63) is 35.9 Å². The maximum Gasteiger partial charge on any atom is 0.408 e. The number of ether oxygens (including phenoxy) is 4. The van der Waals surface area contributed by atoms with Gasteiger partial charge in [-0.2, -0.15) is 0 Å². The Bertz CT molecular complexity index is 613. The Labute approximate surface area is 172 Å². The molecule has 0 bridgehead atoms. The summed E-state index contributed by atoms with van der Waals surface area (Å²) in [5.74, 6) is -0.636. The van der Waals surface area contributed by atoms with Gasteiger partial charge in [-0.3, -0.25) is 0 Å². The maximum absolute atomic E-state index is 11.9. The first-order valence-electron chi connectivity index (χ1n) is 9.61. The predicted molar refractivity (Wildman–Crippen MR) is 107 cm³/mol. The zero-order valence-electron chi connectivity index (χ0n) is 17.8. The van der Waals surface area contributed by atoms with Gasteiger partial charge in [-0.25, -0.2) is 9.59 Å². The van der Waals surface area contributed by atoms with Crippen LogP contribution in [0.25, 0.3) is 0 Å². The number of hydrogen-bond acceptors (Lipinski definition) is 7. The van der Waals surface area contributed by atoms with Gasteiger partial charge in [0.05, 0.1) is 32.5 Å². The number of alkyl carbamates (subject to hydrolysis) is 1. The molecule has 0 saturated heterocycles. The third-order valence-corrected chi connectivity index (χ3v) is 3.85. The minimum absolute atomic E-state index is 0.0862. The van der Waals surface area contributed by atoms with Gasteiger partial charge >= 0.3 is 12.1 Å². The second kappa shape index (κ2) is 12.4. The molecule has 8 heteroatoms. The van der Waals surface area contributed by atoms with E-state index in [1.54, 1.807) is 27.7 Å². The number of carbonyl (C=O) groups is 2. The number of hydrogen-bond donors (Lipinski definition) is 2. The van der Waals surface area contributed by atoms with Gasteiger partial charge in [-0.15, -0.1) is 0 Å². The predicted octanol–water partition coefficient (Wildman–Crippen LogP) is 2.43. The Morgan fingerprint density at radius 3 is 2.38 bits per heavy atom. The summed E-state index contributed by atoms with van der Waals surface area (Å²) in [4.78, 5) is 23.8. The summed E-state index contributed by atoms with van der Waals surface area (Å²) < 4.78 is 21.1. The average Bonchev–Trinajstić information content (AvgIpc) is 2.64. The number of methoxy groups -OCH3 is 1. The molecule has 2 N–H and O–H groups in total. The summed E-state index contributed by atoms with van der Waals surface area (Å²) in [5.41, 5.74) is 0.318. The van der Waals surface area contributed by atoms with Crippen molar-refractivity contribution in [1.29, 1.82) is 0 Å². The van der Waals surface area contributed by atoms with E-state index in [9.17, 15) is 14.7 Å². The van der Waals surface area contributed by atoms with Gasteiger partial charge < -0.3 is 29.4 Å². The molecular formula is C21H33NO7. The monoisotopic (exact) mass is 411 g/mol. The first kappa shape index (κ1) is 24.9. The fourth-order valence-electron chi connectivity index (χ4n) is 2.40. The van der Waals surface area contributed by atoms with Crippen LogP contribution in [0.15, 0.2) is 30.3 Å². The molecule has 0 aliphatic rings. The Kier molecular flexibility index (Phi) is 10.6. The molecule has 0 fully saturated rings. The average molecular weight is 411 g/mol. The van der Waals surface area contributed by atoms with Crippen LogP contribution in [0.4, 0.5) is 4.79 Å². The van der Waals surface area contributed by atoms with Crippen LogP contribution in [0.2, 0.25) is 0 Å². The normalized spacial score (nSPS) is 14.6. The second-order valence-electron chi connectivity index (χ2n) is 7.66. The second-order valence-corrected chi connectivity index (χ2v) is 7.66. The molecule has 0 spiro atoms. The SMILES string of the molecule is COC(=O)C(COCC[C@H](OCc1ccccc1)[C@H](C)O)NC(=O)OC(C)(C)C. The van der Waals surface area contributed by atoms with Crippen LogP contribution in [-0.2, 0) is 30.3 Å². The molecular weight excluding hydrogens is 378 g/mol. The molecule has 1 aromatic rings. The van der Waals surface area contributed by atoms with Gasteiger partial charge in [0.15, 0.2) is 6.04 Å². The molecule has 3 atom stereocenters. The highest BCUT2D eigenvalue weighted by atomic mass is 16.6. The number of aliphatic hydroxyl groups excluding tert-OH is 1. The van der Waals surface area contributed by atoms with Crippen molar-refractivity contribution >= 4 is 12.1 Å². The van der Waals surface area contributed by atoms with Crippen molar-refractivity contribution in [3.8, 4) is 0 Å². The van der Waals surface area contributed by atoms with E-state index in [2.05, 4.69) is 5.32 Å². The Balaban J connectivity index is 2.46. The highest BCUT2D eigenvalue weighted by Gasteiger charge is 2.25. The topological polar surface area (TPSA) is 103 Å². The van der Waals surface area contributed by atoms with Gasteiger partial charge in [-0.05, 0) is 39.7 Å². The standard InChI is InChI=1S/C21H33NO7/c1-15(23)18(28-13-16-9-7-6-8-10-16)11-12-27-14-17(19(24)26-5)22-20(25)29-21(2,3)4/h6-10,15,17-18,23H,11-14H2,1-5H3,(H,22,25)/t15-,17?,18-/m0/s1. The molecule has 8 nitrogen and oxygen atoms in total. The van der Waals surface area contributed by atoms with Crippen LogP contribution >= 0.6 is 0 Å². The minimum atomic E-state index is -0.995. The summed E-state index contributed by atoms with van der Waals surface area (Å²) in [5, 5.41) is 12.4. The smallest absolute Gasteiger partial charge is 0.408 e. The minimum Gasteiger partial charge on any atom is -0.467 e. The quantitative estimate of drug-likeness (QED) is 0.426. The van der Waals surface area contributed by atoms with Gasteiger partial charge in [0.25, 0.3) is 0 Å². The molecule has 0 saturated carbocycles. The number of benzene rings is 1. The van der Waals surface area contributed by atoms with E-state index >= 15 is 0 Å². The molecule has 29 heavy (non-hydrogen) atoms. The lowest BCUT2D eigenvalue weighted by molar-refractivity contribution is -0.145. The molecule has 1 unspecified atom stereocenters. The summed E-state index contributed by atoms with van der Waals surface area (Å²) in [6.07, 6.45) is -1.42. The first-order valence-corrected chi connectivity index (χ1v) is 9.61. The van der Waals surface area contributed by atoms with Gasteiger partial charge in [0, 0.05) is 6.61 Å². The Morgan fingerprint density at radius 2 is 1.83 bits per heavy atom. The van der Waals surface area contributed by atoms with Crippen molar-refractivity contribution < 1.29 is 33.6 Å². The van der Waals surface area contributed by atoms with E-state index in [1.807, 2.05) is 30.3 Å². The summed E-state index contributed by atoms with van der Waals surface area (Å²) in [6.45, 7) is 7.34. The first-order chi connectivity index (χ1) is 13.6. The number of aliphatic hydroxyl groups is 1. The lowest BCUT2D eigenvalue weighted by Crippen LogP contribution is -2.46. The highest BCUT2D eigenvalue weighted by molar-refractivity contribution is 5.81. The zero-order valence-corrected chi connectivity index (χ0v) is 17.8. The molecule has 1 amide bonds. The Morgan fingerprint density at radius 1 is 1.17 bits per heavy atom. The van der Waals surface area contributed by atoms with Crippen molar-refractivity contribution in [2.75, 3.05) is 20.3 Å². The third-order valence-electron chi connectivity index (χ3n) is 3.85. The zero-order chi connectivity index (χ0) is 21.9. The molecule has 164 valence electrons. The Hall–Kier alpha value is -2.16. The van der Waals surface area contributed by atoms with E-state index in [1.165, 1.54) is 7.11 Å². The van der Waals surface area contributed by atoms with Crippen molar-refractivity contribution in [1.82, 2.24) is 5.32 Å². The fraction of sp³-hybridized carbons (Fsp3) is 0.619. The van der Waals surface area contributed by atoms with E-state index in [4.69, 9.17) is 18.9 Å². The van der Waals surface area contributed by atoms with Crippen molar-refractivity contribution in [2.24, 2.45) is 0 Å². The van der Waals surface area contributed by atoms with E-state index in [0.29, 0.717) is 13.0 Å². The van der Waals surface area contributed by atoms with Gasteiger partial charge in [0.1, 0.15) is 5.60 Å². The van der Waals surface area contributed by atoms with Gasteiger partial charge in [-0.1, -0.05) is 30.3 Å². The summed E-state index contributed by atoms with van der Waals surface area (Å²) in [6, 6.07) is 8.66. The van der Waals surface area contributed by atoms with E-state index < -0.39 is 35.9 Å². The number of amides is 1. The summed E-state index contributed by atoms with van der Waals surface area (Å²) in [7, 11) is 1.23. The summed E-state index contributed by atoms with van der Waals surface area (Å²) >= 11 is 0. The lowest BCUT2D eigenvalue weighted by Gasteiger charge is -2.23. The fourth-order valence-corrected chi connectivity index (χ4v) is 2.40. The molecule has 0 radical (unpaired) electrons. The third kappa shape index (κ3) is 10.8. The number of rotatable bonds is 11. The molecule has 1 rings (SSSR count). The number of carbonyl (C=O) groups excluding carboxylic acids is 2.